The van der Waals surface area contributed by atoms with Gasteiger partial charge in [0.15, 0.2) is 0 Å². The van der Waals surface area contributed by atoms with Crippen molar-refractivity contribution < 1.29 is 38.8 Å². The molecule has 0 aromatic rings. The molecule has 0 saturated heterocycles. The average molecular weight is 380 g/mol. The van der Waals surface area contributed by atoms with Crippen LogP contribution in [0.4, 0.5) is 0 Å². The summed E-state index contributed by atoms with van der Waals surface area (Å²) in [6, 6.07) is -1.000. The molecule has 5 N–H and O–H groups in total. The van der Waals surface area contributed by atoms with Gasteiger partial charge in [-0.05, 0) is 19.8 Å². The number of rotatable bonds is 12. The quantitative estimate of drug-likeness (QED) is 0.291. The highest BCUT2D eigenvalue weighted by Gasteiger charge is 2.31. The Labute approximate surface area is 145 Å². The lowest BCUT2D eigenvalue weighted by Gasteiger charge is -2.20. The molecule has 3 atom stereocenters. The third-order valence-corrected chi connectivity index (χ3v) is 5.34. The first kappa shape index (κ1) is 23.1. The van der Waals surface area contributed by atoms with Gasteiger partial charge in [0.2, 0.25) is 19.2 Å². The summed E-state index contributed by atoms with van der Waals surface area (Å²) in [7, 11) is -3.92. The van der Waals surface area contributed by atoms with Gasteiger partial charge in [-0.3, -0.25) is 23.7 Å². The first-order chi connectivity index (χ1) is 11.5. The van der Waals surface area contributed by atoms with Crippen LogP contribution < -0.4 is 10.6 Å². The molecule has 0 bridgehead atoms. The molecule has 0 spiro atoms. The van der Waals surface area contributed by atoms with E-state index in [1.165, 1.54) is 6.92 Å². The monoisotopic (exact) mass is 380 g/mol. The van der Waals surface area contributed by atoms with Gasteiger partial charge >= 0.3 is 11.9 Å². The summed E-state index contributed by atoms with van der Waals surface area (Å²) in [5, 5.41) is 22.5. The van der Waals surface area contributed by atoms with Crippen LogP contribution in [0.3, 0.4) is 0 Å². The van der Waals surface area contributed by atoms with Crippen LogP contribution >= 0.6 is 7.37 Å². The number of likely N-dealkylation sites (N-methyl/N-ethyl adjacent to an activating group) is 1. The second-order valence-electron chi connectivity index (χ2n) is 5.66. The molecule has 0 aromatic carbocycles. The molecule has 0 heterocycles. The fraction of sp³-hybridized carbons (Fsp3) is 0.714. The molecule has 2 amide bonds. The van der Waals surface area contributed by atoms with E-state index < -0.39 is 55.7 Å². The molecule has 0 aromatic heterocycles. The van der Waals surface area contributed by atoms with Crippen molar-refractivity contribution in [2.24, 2.45) is 5.92 Å². The molecule has 25 heavy (non-hydrogen) atoms. The fourth-order valence-electron chi connectivity index (χ4n) is 2.17. The number of amides is 2. The van der Waals surface area contributed by atoms with E-state index in [-0.39, 0.29) is 19.0 Å². The molecule has 0 saturated carbocycles. The predicted octanol–water partition coefficient (Wildman–Crippen LogP) is -0.147. The number of carboxylic acids is 2. The summed E-state index contributed by atoms with van der Waals surface area (Å²) in [5.74, 6) is -4.79. The summed E-state index contributed by atoms with van der Waals surface area (Å²) in [5.41, 5.74) is 0. The van der Waals surface area contributed by atoms with Gasteiger partial charge in [0, 0.05) is 32.2 Å². The molecule has 0 fully saturated rings. The molecular weight excluding hydrogens is 355 g/mol. The molecule has 11 heteroatoms. The minimum atomic E-state index is -3.92. The highest BCUT2D eigenvalue weighted by molar-refractivity contribution is 7.58. The molecule has 0 aliphatic heterocycles. The maximum atomic E-state index is 12.2. The number of carboxylic acid groups (broad SMARTS) is 2. The van der Waals surface area contributed by atoms with E-state index in [1.807, 2.05) is 0 Å². The van der Waals surface area contributed by atoms with Crippen LogP contribution in [0.2, 0.25) is 0 Å². The zero-order valence-corrected chi connectivity index (χ0v) is 15.1. The number of hydrogen-bond donors (Lipinski definition) is 5. The SMILES string of the molecule is CCNC(=O)[C@H](CCP(=O)(O)C[C@@H](CCC(=O)O)C(=O)O)NC(C)=O. The zero-order chi connectivity index (χ0) is 19.6. The number of aliphatic carboxylic acids is 2. The van der Waals surface area contributed by atoms with Crippen molar-refractivity contribution in [3.63, 3.8) is 0 Å². The summed E-state index contributed by atoms with van der Waals surface area (Å²) in [6.07, 6.45) is -1.78. The highest BCUT2D eigenvalue weighted by atomic mass is 31.2. The van der Waals surface area contributed by atoms with Crippen molar-refractivity contribution in [1.29, 1.82) is 0 Å². The van der Waals surface area contributed by atoms with Gasteiger partial charge in [0.1, 0.15) is 6.04 Å². The second-order valence-corrected chi connectivity index (χ2v) is 8.16. The van der Waals surface area contributed by atoms with Gasteiger partial charge < -0.3 is 25.7 Å². The molecule has 1 unspecified atom stereocenters. The van der Waals surface area contributed by atoms with E-state index in [4.69, 9.17) is 10.2 Å². The lowest BCUT2D eigenvalue weighted by Crippen LogP contribution is -2.46. The number of carbonyl (C=O) groups is 4. The van der Waals surface area contributed by atoms with Crippen LogP contribution in [0.1, 0.15) is 33.1 Å². The van der Waals surface area contributed by atoms with Gasteiger partial charge in [-0.25, -0.2) is 0 Å². The van der Waals surface area contributed by atoms with Crippen molar-refractivity contribution in [2.45, 2.75) is 39.2 Å². The number of hydrogen-bond acceptors (Lipinski definition) is 5. The van der Waals surface area contributed by atoms with Crippen molar-refractivity contribution >= 4 is 31.1 Å². The summed E-state index contributed by atoms with van der Waals surface area (Å²) < 4.78 is 12.2. The summed E-state index contributed by atoms with van der Waals surface area (Å²) in [4.78, 5) is 54.6. The molecular formula is C14H25N2O8P. The molecule has 0 aliphatic carbocycles. The van der Waals surface area contributed by atoms with E-state index in [9.17, 15) is 28.6 Å². The first-order valence-corrected chi connectivity index (χ1v) is 9.81. The van der Waals surface area contributed by atoms with Crippen molar-refractivity contribution in [3.8, 4) is 0 Å². The molecule has 10 nitrogen and oxygen atoms in total. The summed E-state index contributed by atoms with van der Waals surface area (Å²) >= 11 is 0. The Morgan fingerprint density at radius 2 is 1.72 bits per heavy atom. The Balaban J connectivity index is 4.85. The minimum absolute atomic E-state index is 0.134. The van der Waals surface area contributed by atoms with Gasteiger partial charge in [0.05, 0.1) is 5.92 Å². The maximum absolute atomic E-state index is 12.2. The Bertz CT molecular complexity index is 551. The Morgan fingerprint density at radius 1 is 1.12 bits per heavy atom. The van der Waals surface area contributed by atoms with Crippen LogP contribution in [0.5, 0.6) is 0 Å². The van der Waals surface area contributed by atoms with E-state index in [0.717, 1.165) is 0 Å². The first-order valence-electron chi connectivity index (χ1n) is 7.78. The van der Waals surface area contributed by atoms with Gasteiger partial charge in [-0.15, -0.1) is 0 Å². The average Bonchev–Trinajstić information content (AvgIpc) is 2.47. The van der Waals surface area contributed by atoms with E-state index in [2.05, 4.69) is 10.6 Å². The largest absolute Gasteiger partial charge is 0.481 e. The standard InChI is InChI=1S/C14H25N2O8P/c1-3-15-13(20)11(16-9(2)17)6-7-25(23,24)8-10(14(21)22)4-5-12(18)19/h10-11H,3-8H2,1-2H3,(H,15,20)(H,16,17)(H,18,19)(H,21,22)(H,23,24)/t10-,11+/m1/s1. The fourth-order valence-corrected chi connectivity index (χ4v) is 4.04. The Morgan fingerprint density at radius 3 is 2.16 bits per heavy atom. The summed E-state index contributed by atoms with van der Waals surface area (Å²) in [6.45, 7) is 3.21. The molecule has 144 valence electrons. The van der Waals surface area contributed by atoms with E-state index in [1.54, 1.807) is 6.92 Å². The van der Waals surface area contributed by atoms with Crippen LogP contribution in [-0.4, -0.2) is 63.8 Å². The smallest absolute Gasteiger partial charge is 0.307 e. The van der Waals surface area contributed by atoms with Crippen LogP contribution in [0.15, 0.2) is 0 Å². The van der Waals surface area contributed by atoms with Crippen molar-refractivity contribution in [3.05, 3.63) is 0 Å². The number of carbonyl (C=O) groups excluding carboxylic acids is 2. The Kier molecular flexibility index (Phi) is 10.00. The number of nitrogens with one attached hydrogen (secondary N) is 2. The molecule has 0 radical (unpaired) electrons. The maximum Gasteiger partial charge on any atom is 0.307 e. The van der Waals surface area contributed by atoms with E-state index >= 15 is 0 Å². The van der Waals surface area contributed by atoms with Crippen molar-refractivity contribution in [2.75, 3.05) is 18.9 Å². The van der Waals surface area contributed by atoms with Crippen LogP contribution in [0.25, 0.3) is 0 Å². The van der Waals surface area contributed by atoms with Gasteiger partial charge in [-0.1, -0.05) is 0 Å². The normalized spacial score (nSPS) is 15.5. The molecule has 0 aliphatic rings. The van der Waals surface area contributed by atoms with Crippen LogP contribution in [0, 0.1) is 5.92 Å². The third kappa shape index (κ3) is 10.5. The minimum Gasteiger partial charge on any atom is -0.481 e. The lowest BCUT2D eigenvalue weighted by atomic mass is 10.1. The zero-order valence-electron chi connectivity index (χ0n) is 14.2. The van der Waals surface area contributed by atoms with Crippen LogP contribution in [-0.2, 0) is 23.7 Å². The molecule has 0 rings (SSSR count). The highest BCUT2D eigenvalue weighted by Crippen LogP contribution is 2.44. The predicted molar refractivity (Wildman–Crippen MR) is 88.5 cm³/mol. The second kappa shape index (κ2) is 10.8. The third-order valence-electron chi connectivity index (χ3n) is 3.37. The van der Waals surface area contributed by atoms with Gasteiger partial charge in [0.25, 0.3) is 0 Å². The lowest BCUT2D eigenvalue weighted by molar-refractivity contribution is -0.142. The van der Waals surface area contributed by atoms with Crippen molar-refractivity contribution in [1.82, 2.24) is 10.6 Å². The van der Waals surface area contributed by atoms with Gasteiger partial charge in [-0.2, -0.15) is 0 Å². The topological polar surface area (TPSA) is 170 Å². The van der Waals surface area contributed by atoms with E-state index in [0.29, 0.717) is 6.54 Å². The Hall–Kier alpha value is -1.93.